The monoisotopic (exact) mass is 244 g/mol. The van der Waals surface area contributed by atoms with Crippen molar-refractivity contribution in [3.63, 3.8) is 0 Å². The largest absolute Gasteiger partial charge is 0.478 e. The van der Waals surface area contributed by atoms with Gasteiger partial charge in [0.05, 0.1) is 16.9 Å². The van der Waals surface area contributed by atoms with E-state index in [9.17, 15) is 4.79 Å². The van der Waals surface area contributed by atoms with Gasteiger partial charge in [-0.1, -0.05) is 6.07 Å². The zero-order valence-electron chi connectivity index (χ0n) is 11.0. The zero-order chi connectivity index (χ0) is 13.4. The normalized spacial score (nSPS) is 10.7. The van der Waals surface area contributed by atoms with E-state index in [1.807, 2.05) is 38.3 Å². The molecule has 4 nitrogen and oxygen atoms in total. The molecule has 4 heteroatoms. The summed E-state index contributed by atoms with van der Waals surface area (Å²) in [6.45, 7) is 7.83. The summed E-state index contributed by atoms with van der Waals surface area (Å²) in [6, 6.07) is 5.14. The molecule has 1 heterocycles. The first-order valence-corrected chi connectivity index (χ1v) is 5.78. The van der Waals surface area contributed by atoms with E-state index < -0.39 is 5.97 Å². The van der Waals surface area contributed by atoms with Crippen LogP contribution in [0.4, 0.5) is 0 Å². The van der Waals surface area contributed by atoms with E-state index in [4.69, 9.17) is 5.11 Å². The summed E-state index contributed by atoms with van der Waals surface area (Å²) in [5.41, 5.74) is 4.21. The Hall–Kier alpha value is -2.10. The minimum absolute atomic E-state index is 0.292. The summed E-state index contributed by atoms with van der Waals surface area (Å²) in [7, 11) is 0. The Labute approximate surface area is 106 Å². The third-order valence-corrected chi connectivity index (χ3v) is 3.21. The molecule has 0 radical (unpaired) electrons. The fourth-order valence-corrected chi connectivity index (χ4v) is 2.12. The lowest BCUT2D eigenvalue weighted by atomic mass is 10.1. The number of rotatable bonds is 2. The number of imidazole rings is 1. The molecule has 0 unspecified atom stereocenters. The molecule has 0 bridgehead atoms. The first-order chi connectivity index (χ1) is 8.41. The molecule has 0 spiro atoms. The second-order valence-electron chi connectivity index (χ2n) is 4.47. The minimum atomic E-state index is -0.914. The number of nitrogens with zero attached hydrogens (tertiary/aromatic N) is 2. The SMILES string of the molecule is Cc1ccc(C(=O)O)cc1-n1c(C)nc(C)c1C. The number of hydrogen-bond donors (Lipinski definition) is 1. The van der Waals surface area contributed by atoms with Crippen LogP contribution in [0.2, 0.25) is 0 Å². The molecule has 2 aromatic rings. The highest BCUT2D eigenvalue weighted by molar-refractivity contribution is 5.88. The van der Waals surface area contributed by atoms with Gasteiger partial charge in [0.1, 0.15) is 5.82 Å². The number of aromatic carboxylic acids is 1. The van der Waals surface area contributed by atoms with Gasteiger partial charge < -0.3 is 9.67 Å². The standard InChI is InChI=1S/C14H16N2O2/c1-8-5-6-12(14(17)18)7-13(8)16-10(3)9(2)15-11(16)4/h5-7H,1-4H3,(H,17,18). The molecule has 0 fully saturated rings. The van der Waals surface area contributed by atoms with Gasteiger partial charge in [0.25, 0.3) is 0 Å². The molecular formula is C14H16N2O2. The van der Waals surface area contributed by atoms with Gasteiger partial charge in [-0.15, -0.1) is 0 Å². The van der Waals surface area contributed by atoms with E-state index in [2.05, 4.69) is 4.98 Å². The fourth-order valence-electron chi connectivity index (χ4n) is 2.12. The summed E-state index contributed by atoms with van der Waals surface area (Å²) >= 11 is 0. The molecule has 0 amide bonds. The second-order valence-corrected chi connectivity index (χ2v) is 4.47. The molecule has 1 aromatic carbocycles. The van der Waals surface area contributed by atoms with Crippen LogP contribution in [-0.2, 0) is 0 Å². The molecule has 0 aliphatic carbocycles. The van der Waals surface area contributed by atoms with Gasteiger partial charge in [-0.2, -0.15) is 0 Å². The van der Waals surface area contributed by atoms with Gasteiger partial charge in [0, 0.05) is 5.69 Å². The Morgan fingerprint density at radius 1 is 1.22 bits per heavy atom. The lowest BCUT2D eigenvalue weighted by Crippen LogP contribution is -2.05. The summed E-state index contributed by atoms with van der Waals surface area (Å²) in [5.74, 6) is -0.0426. The van der Waals surface area contributed by atoms with Gasteiger partial charge in [0.2, 0.25) is 0 Å². The van der Waals surface area contributed by atoms with Crippen molar-refractivity contribution in [3.05, 3.63) is 46.5 Å². The molecule has 0 saturated heterocycles. The Balaban J connectivity index is 2.70. The van der Waals surface area contributed by atoms with Crippen LogP contribution in [0.1, 0.15) is 33.1 Å². The van der Waals surface area contributed by atoms with E-state index in [0.29, 0.717) is 5.56 Å². The van der Waals surface area contributed by atoms with E-state index in [0.717, 1.165) is 28.5 Å². The van der Waals surface area contributed by atoms with E-state index in [-0.39, 0.29) is 0 Å². The highest BCUT2D eigenvalue weighted by atomic mass is 16.4. The minimum Gasteiger partial charge on any atom is -0.478 e. The number of benzene rings is 1. The van der Waals surface area contributed by atoms with Crippen LogP contribution >= 0.6 is 0 Å². The van der Waals surface area contributed by atoms with Gasteiger partial charge in [-0.25, -0.2) is 9.78 Å². The first-order valence-electron chi connectivity index (χ1n) is 5.78. The third kappa shape index (κ3) is 1.90. The van der Waals surface area contributed by atoms with Crippen molar-refractivity contribution in [1.29, 1.82) is 0 Å². The molecule has 0 aliphatic rings. The van der Waals surface area contributed by atoms with E-state index >= 15 is 0 Å². The van der Waals surface area contributed by atoms with Crippen LogP contribution in [0.25, 0.3) is 5.69 Å². The van der Waals surface area contributed by atoms with Crippen molar-refractivity contribution in [2.24, 2.45) is 0 Å². The summed E-state index contributed by atoms with van der Waals surface area (Å²) in [6.07, 6.45) is 0. The zero-order valence-corrected chi connectivity index (χ0v) is 11.0. The fraction of sp³-hybridized carbons (Fsp3) is 0.286. The molecule has 0 saturated carbocycles. The highest BCUT2D eigenvalue weighted by Gasteiger charge is 2.13. The number of carboxylic acids is 1. The van der Waals surface area contributed by atoms with Gasteiger partial charge in [-0.05, 0) is 45.4 Å². The van der Waals surface area contributed by atoms with Crippen LogP contribution < -0.4 is 0 Å². The van der Waals surface area contributed by atoms with E-state index in [1.54, 1.807) is 12.1 Å². The Bertz CT molecular complexity index is 627. The molecule has 94 valence electrons. The molecule has 0 atom stereocenters. The average Bonchev–Trinajstić information content (AvgIpc) is 2.54. The molecule has 18 heavy (non-hydrogen) atoms. The van der Waals surface area contributed by atoms with Crippen LogP contribution in [0.5, 0.6) is 0 Å². The molecular weight excluding hydrogens is 228 g/mol. The molecule has 1 N–H and O–H groups in total. The number of carboxylic acid groups (broad SMARTS) is 1. The quantitative estimate of drug-likeness (QED) is 0.883. The lowest BCUT2D eigenvalue weighted by molar-refractivity contribution is 0.0697. The topological polar surface area (TPSA) is 55.1 Å². The Morgan fingerprint density at radius 2 is 1.89 bits per heavy atom. The van der Waals surface area contributed by atoms with Crippen LogP contribution in [-0.4, -0.2) is 20.6 Å². The first kappa shape index (κ1) is 12.4. The maximum atomic E-state index is 11.0. The smallest absolute Gasteiger partial charge is 0.335 e. The number of hydrogen-bond acceptors (Lipinski definition) is 2. The Morgan fingerprint density at radius 3 is 2.39 bits per heavy atom. The lowest BCUT2D eigenvalue weighted by Gasteiger charge is -2.12. The predicted molar refractivity (Wildman–Crippen MR) is 69.5 cm³/mol. The van der Waals surface area contributed by atoms with Crippen LogP contribution in [0.15, 0.2) is 18.2 Å². The van der Waals surface area contributed by atoms with Gasteiger partial charge in [0.15, 0.2) is 0 Å². The third-order valence-electron chi connectivity index (χ3n) is 3.21. The summed E-state index contributed by atoms with van der Waals surface area (Å²) in [4.78, 5) is 15.5. The maximum Gasteiger partial charge on any atom is 0.335 e. The van der Waals surface area contributed by atoms with Crippen molar-refractivity contribution in [2.45, 2.75) is 27.7 Å². The maximum absolute atomic E-state index is 11.0. The van der Waals surface area contributed by atoms with Crippen molar-refractivity contribution in [1.82, 2.24) is 9.55 Å². The van der Waals surface area contributed by atoms with Crippen molar-refractivity contribution < 1.29 is 9.90 Å². The molecule has 2 rings (SSSR count). The summed E-state index contributed by atoms with van der Waals surface area (Å²) in [5, 5.41) is 9.07. The molecule has 0 aliphatic heterocycles. The van der Waals surface area contributed by atoms with Crippen molar-refractivity contribution in [2.75, 3.05) is 0 Å². The van der Waals surface area contributed by atoms with Gasteiger partial charge >= 0.3 is 5.97 Å². The number of aryl methyl sites for hydroxylation is 3. The van der Waals surface area contributed by atoms with Crippen LogP contribution in [0, 0.1) is 27.7 Å². The number of aromatic nitrogens is 2. The Kier molecular flexibility index (Phi) is 2.95. The number of carbonyl (C=O) groups is 1. The highest BCUT2D eigenvalue weighted by Crippen LogP contribution is 2.21. The van der Waals surface area contributed by atoms with Crippen molar-refractivity contribution in [3.8, 4) is 5.69 Å². The molecule has 1 aromatic heterocycles. The predicted octanol–water partition coefficient (Wildman–Crippen LogP) is 2.80. The van der Waals surface area contributed by atoms with Gasteiger partial charge in [-0.3, -0.25) is 0 Å². The van der Waals surface area contributed by atoms with Crippen molar-refractivity contribution >= 4 is 5.97 Å². The second kappa shape index (κ2) is 4.29. The van der Waals surface area contributed by atoms with E-state index in [1.165, 1.54) is 0 Å². The average molecular weight is 244 g/mol. The summed E-state index contributed by atoms with van der Waals surface area (Å²) < 4.78 is 2.00. The van der Waals surface area contributed by atoms with Crippen LogP contribution in [0.3, 0.4) is 0 Å².